The van der Waals surface area contributed by atoms with E-state index in [2.05, 4.69) is 30.9 Å². The molecule has 5 nitrogen and oxygen atoms in total. The molecule has 1 fully saturated rings. The number of ketones is 1. The number of anilines is 1. The molecule has 5 heteroatoms. The molecule has 0 saturated heterocycles. The number of allylic oxidation sites excluding steroid dienone is 1. The summed E-state index contributed by atoms with van der Waals surface area (Å²) in [6.45, 7) is 6.15. The summed E-state index contributed by atoms with van der Waals surface area (Å²) in [5.41, 5.74) is 2.54. The van der Waals surface area contributed by atoms with Gasteiger partial charge in [0, 0.05) is 24.8 Å². The molecule has 0 unspecified atom stereocenters. The fourth-order valence-electron chi connectivity index (χ4n) is 4.29. The van der Waals surface area contributed by atoms with Gasteiger partial charge < -0.3 is 14.4 Å². The highest BCUT2D eigenvalue weighted by molar-refractivity contribution is 6.14. The summed E-state index contributed by atoms with van der Waals surface area (Å²) >= 11 is 0. The minimum absolute atomic E-state index is 0.0284. The van der Waals surface area contributed by atoms with Crippen LogP contribution >= 0.6 is 0 Å². The SMILES string of the molecule is CCN(CC)c1ccc(/C=C2\Oc3cc(OC(=O)C4CCCCC4)ccc3C2=O)cc1. The van der Waals surface area contributed by atoms with Crippen molar-refractivity contribution in [2.75, 3.05) is 18.0 Å². The van der Waals surface area contributed by atoms with Crippen molar-refractivity contribution in [2.45, 2.75) is 46.0 Å². The molecule has 1 aliphatic heterocycles. The molecule has 0 atom stereocenters. The van der Waals surface area contributed by atoms with E-state index in [0.29, 0.717) is 17.1 Å². The maximum absolute atomic E-state index is 12.7. The fourth-order valence-corrected chi connectivity index (χ4v) is 4.29. The lowest BCUT2D eigenvalue weighted by molar-refractivity contribution is -0.139. The van der Waals surface area contributed by atoms with Gasteiger partial charge in [0.15, 0.2) is 5.76 Å². The van der Waals surface area contributed by atoms with E-state index in [9.17, 15) is 9.59 Å². The van der Waals surface area contributed by atoms with E-state index in [1.165, 1.54) is 6.42 Å². The van der Waals surface area contributed by atoms with Crippen LogP contribution in [0.5, 0.6) is 11.5 Å². The van der Waals surface area contributed by atoms with E-state index in [1.54, 1.807) is 24.3 Å². The van der Waals surface area contributed by atoms with Gasteiger partial charge in [-0.3, -0.25) is 9.59 Å². The standard InChI is InChI=1S/C26H29NO4/c1-3-27(4-2)20-12-10-18(11-13-20)16-24-25(28)22-15-14-21(17-23(22)31-24)30-26(29)19-8-6-5-7-9-19/h10-17,19H,3-9H2,1-2H3/b24-16-. The lowest BCUT2D eigenvalue weighted by atomic mass is 9.89. The van der Waals surface area contributed by atoms with Crippen LogP contribution in [-0.4, -0.2) is 24.8 Å². The average molecular weight is 420 g/mol. The molecule has 2 aromatic rings. The molecule has 162 valence electrons. The molecule has 0 bridgehead atoms. The van der Waals surface area contributed by atoms with Crippen LogP contribution in [0, 0.1) is 5.92 Å². The van der Waals surface area contributed by atoms with Crippen LogP contribution in [0.2, 0.25) is 0 Å². The second kappa shape index (κ2) is 9.38. The normalized spacial score (nSPS) is 17.4. The first-order valence-corrected chi connectivity index (χ1v) is 11.2. The summed E-state index contributed by atoms with van der Waals surface area (Å²) < 4.78 is 11.4. The molecule has 2 aromatic carbocycles. The number of benzene rings is 2. The highest BCUT2D eigenvalue weighted by Crippen LogP contribution is 2.35. The summed E-state index contributed by atoms with van der Waals surface area (Å²) in [5.74, 6) is 0.763. The average Bonchev–Trinajstić information content (AvgIpc) is 3.10. The molecule has 31 heavy (non-hydrogen) atoms. The van der Waals surface area contributed by atoms with Gasteiger partial charge in [0.25, 0.3) is 0 Å². The topological polar surface area (TPSA) is 55.8 Å². The Labute approximate surface area is 183 Å². The van der Waals surface area contributed by atoms with Crippen molar-refractivity contribution in [3.63, 3.8) is 0 Å². The van der Waals surface area contributed by atoms with Gasteiger partial charge in [-0.1, -0.05) is 31.4 Å². The van der Waals surface area contributed by atoms with E-state index in [4.69, 9.17) is 9.47 Å². The lowest BCUT2D eigenvalue weighted by Gasteiger charge is -2.20. The molecule has 0 aromatic heterocycles. The van der Waals surface area contributed by atoms with Crippen LogP contribution in [0.25, 0.3) is 6.08 Å². The van der Waals surface area contributed by atoms with E-state index < -0.39 is 0 Å². The molecule has 1 aliphatic carbocycles. The third-order valence-electron chi connectivity index (χ3n) is 6.12. The van der Waals surface area contributed by atoms with Crippen LogP contribution in [0.1, 0.15) is 61.9 Å². The van der Waals surface area contributed by atoms with Crippen LogP contribution in [-0.2, 0) is 4.79 Å². The van der Waals surface area contributed by atoms with Gasteiger partial charge in [-0.15, -0.1) is 0 Å². The third-order valence-corrected chi connectivity index (χ3v) is 6.12. The number of hydrogen-bond donors (Lipinski definition) is 0. The Kier molecular flexibility index (Phi) is 6.40. The molecular formula is C26H29NO4. The molecular weight excluding hydrogens is 390 g/mol. The van der Waals surface area contributed by atoms with Crippen LogP contribution in [0.4, 0.5) is 5.69 Å². The Morgan fingerprint density at radius 2 is 1.77 bits per heavy atom. The van der Waals surface area contributed by atoms with Crippen molar-refractivity contribution in [1.29, 1.82) is 0 Å². The molecule has 0 spiro atoms. The predicted molar refractivity (Wildman–Crippen MR) is 122 cm³/mol. The predicted octanol–water partition coefficient (Wildman–Crippen LogP) is 5.63. The summed E-state index contributed by atoms with van der Waals surface area (Å²) in [4.78, 5) is 27.4. The second-order valence-electron chi connectivity index (χ2n) is 8.12. The second-order valence-corrected chi connectivity index (χ2v) is 8.12. The van der Waals surface area contributed by atoms with Crippen LogP contribution < -0.4 is 14.4 Å². The van der Waals surface area contributed by atoms with Gasteiger partial charge in [0.05, 0.1) is 11.5 Å². The Bertz CT molecular complexity index is 983. The van der Waals surface area contributed by atoms with Gasteiger partial charge >= 0.3 is 5.97 Å². The first kappa shape index (κ1) is 21.2. The summed E-state index contributed by atoms with van der Waals surface area (Å²) in [6.07, 6.45) is 6.86. The number of ether oxygens (including phenoxy) is 2. The highest BCUT2D eigenvalue weighted by atomic mass is 16.5. The number of rotatable bonds is 6. The minimum atomic E-state index is -0.187. The number of Topliss-reactive ketones (excluding diaryl/α,β-unsaturated/α-hetero) is 1. The number of nitrogens with zero attached hydrogens (tertiary/aromatic N) is 1. The number of carbonyl (C=O) groups excluding carboxylic acids is 2. The number of hydrogen-bond acceptors (Lipinski definition) is 5. The van der Waals surface area contributed by atoms with Crippen molar-refractivity contribution in [3.8, 4) is 11.5 Å². The first-order chi connectivity index (χ1) is 15.1. The van der Waals surface area contributed by atoms with Crippen molar-refractivity contribution < 1.29 is 19.1 Å². The van der Waals surface area contributed by atoms with Crippen molar-refractivity contribution >= 4 is 23.5 Å². The molecule has 2 aliphatic rings. The van der Waals surface area contributed by atoms with Crippen molar-refractivity contribution in [2.24, 2.45) is 5.92 Å². The quantitative estimate of drug-likeness (QED) is 0.345. The van der Waals surface area contributed by atoms with Gasteiger partial charge in [0.1, 0.15) is 11.5 Å². The van der Waals surface area contributed by atoms with E-state index in [-0.39, 0.29) is 23.4 Å². The third kappa shape index (κ3) is 4.66. The van der Waals surface area contributed by atoms with E-state index >= 15 is 0 Å². The molecule has 1 heterocycles. The van der Waals surface area contributed by atoms with Crippen LogP contribution in [0.3, 0.4) is 0 Å². The highest BCUT2D eigenvalue weighted by Gasteiger charge is 2.29. The minimum Gasteiger partial charge on any atom is -0.452 e. The first-order valence-electron chi connectivity index (χ1n) is 11.2. The Morgan fingerprint density at radius 1 is 1.06 bits per heavy atom. The van der Waals surface area contributed by atoms with E-state index in [1.807, 2.05) is 12.1 Å². The lowest BCUT2D eigenvalue weighted by Crippen LogP contribution is -2.22. The zero-order chi connectivity index (χ0) is 21.8. The summed E-state index contributed by atoms with van der Waals surface area (Å²) in [7, 11) is 0. The fraction of sp³-hybridized carbons (Fsp3) is 0.385. The Balaban J connectivity index is 1.46. The maximum Gasteiger partial charge on any atom is 0.314 e. The van der Waals surface area contributed by atoms with Crippen molar-refractivity contribution in [3.05, 3.63) is 59.4 Å². The van der Waals surface area contributed by atoms with Gasteiger partial charge in [-0.25, -0.2) is 0 Å². The zero-order valence-corrected chi connectivity index (χ0v) is 18.2. The zero-order valence-electron chi connectivity index (χ0n) is 18.2. The largest absolute Gasteiger partial charge is 0.452 e. The smallest absolute Gasteiger partial charge is 0.314 e. The number of esters is 1. The summed E-state index contributed by atoms with van der Waals surface area (Å²) in [5, 5.41) is 0. The Morgan fingerprint density at radius 3 is 2.45 bits per heavy atom. The van der Waals surface area contributed by atoms with Crippen molar-refractivity contribution in [1.82, 2.24) is 0 Å². The number of fused-ring (bicyclic) bond motifs is 1. The molecule has 0 N–H and O–H groups in total. The van der Waals surface area contributed by atoms with Gasteiger partial charge in [-0.05, 0) is 62.6 Å². The molecule has 0 amide bonds. The van der Waals surface area contributed by atoms with Gasteiger partial charge in [-0.2, -0.15) is 0 Å². The summed E-state index contributed by atoms with van der Waals surface area (Å²) in [6, 6.07) is 13.0. The number of carbonyl (C=O) groups is 2. The van der Waals surface area contributed by atoms with E-state index in [0.717, 1.165) is 50.0 Å². The van der Waals surface area contributed by atoms with Crippen LogP contribution in [0.15, 0.2) is 48.2 Å². The Hall–Kier alpha value is -3.08. The maximum atomic E-state index is 12.7. The van der Waals surface area contributed by atoms with Gasteiger partial charge in [0.2, 0.25) is 5.78 Å². The molecule has 0 radical (unpaired) electrons. The monoisotopic (exact) mass is 419 g/mol. The molecule has 4 rings (SSSR count). The molecule has 1 saturated carbocycles.